The van der Waals surface area contributed by atoms with Crippen LogP contribution in [0.5, 0.6) is 0 Å². The average Bonchev–Trinajstić information content (AvgIpc) is 2.17. The summed E-state index contributed by atoms with van der Waals surface area (Å²) in [4.78, 5) is 0. The Morgan fingerprint density at radius 3 is 2.46 bits per heavy atom. The number of nitrogen functional groups attached to an aromatic ring is 1. The molecule has 0 aromatic heterocycles. The van der Waals surface area contributed by atoms with Crippen LogP contribution in [0.1, 0.15) is 0 Å². The molecule has 3 heteroatoms. The zero-order valence-electron chi connectivity index (χ0n) is 6.92. The van der Waals surface area contributed by atoms with E-state index in [1.54, 1.807) is 0 Å². The molecular weight excluding hydrogens is 184 g/mol. The summed E-state index contributed by atoms with van der Waals surface area (Å²) in [6.45, 7) is 0. The number of rotatable bonds is 1. The number of halogens is 1. The van der Waals surface area contributed by atoms with E-state index in [0.29, 0.717) is 5.02 Å². The van der Waals surface area contributed by atoms with Crippen LogP contribution in [0.3, 0.4) is 0 Å². The van der Waals surface area contributed by atoms with E-state index in [9.17, 15) is 0 Å². The van der Waals surface area contributed by atoms with Gasteiger partial charge >= 0.3 is 0 Å². The molecule has 13 heavy (non-hydrogen) atoms. The van der Waals surface area contributed by atoms with Crippen molar-refractivity contribution in [1.82, 2.24) is 0 Å². The summed E-state index contributed by atoms with van der Waals surface area (Å²) >= 11 is 6.05. The zero-order valence-corrected chi connectivity index (χ0v) is 7.68. The number of nitrogens with two attached hydrogens (primary N) is 1. The van der Waals surface area contributed by atoms with E-state index in [1.807, 2.05) is 36.4 Å². The molecule has 0 radical (unpaired) electrons. The second-order valence-electron chi connectivity index (χ2n) is 2.79. The fourth-order valence-electron chi connectivity index (χ4n) is 1.42. The van der Waals surface area contributed by atoms with E-state index in [1.165, 1.54) is 0 Å². The normalized spacial score (nSPS) is 10.3. The van der Waals surface area contributed by atoms with E-state index in [4.69, 9.17) is 17.4 Å². The van der Waals surface area contributed by atoms with E-state index >= 15 is 0 Å². The molecule has 3 N–H and O–H groups in total. The van der Waals surface area contributed by atoms with Crippen LogP contribution >= 0.6 is 11.6 Å². The van der Waals surface area contributed by atoms with Crippen molar-refractivity contribution in [2.24, 2.45) is 5.84 Å². The minimum absolute atomic E-state index is 0.714. The fourth-order valence-corrected chi connectivity index (χ4v) is 1.70. The predicted molar refractivity (Wildman–Crippen MR) is 56.8 cm³/mol. The van der Waals surface area contributed by atoms with Crippen LogP contribution in [0, 0.1) is 0 Å². The Morgan fingerprint density at radius 1 is 1.08 bits per heavy atom. The molecule has 66 valence electrons. The molecule has 0 saturated carbocycles. The third-order valence-electron chi connectivity index (χ3n) is 2.01. The molecule has 2 aromatic rings. The van der Waals surface area contributed by atoms with E-state index in [2.05, 4.69) is 5.43 Å². The highest BCUT2D eigenvalue weighted by Gasteiger charge is 2.02. The summed E-state index contributed by atoms with van der Waals surface area (Å²) in [5.41, 5.74) is 3.48. The van der Waals surface area contributed by atoms with E-state index in [-0.39, 0.29) is 0 Å². The Bertz CT molecular complexity index is 435. The Kier molecular flexibility index (Phi) is 2.08. The van der Waals surface area contributed by atoms with Gasteiger partial charge in [-0.15, -0.1) is 0 Å². The first-order chi connectivity index (χ1) is 6.33. The Balaban J connectivity index is 2.87. The van der Waals surface area contributed by atoms with Gasteiger partial charge in [-0.2, -0.15) is 0 Å². The highest BCUT2D eigenvalue weighted by Crippen LogP contribution is 2.29. The van der Waals surface area contributed by atoms with Crippen molar-refractivity contribution in [1.29, 1.82) is 0 Å². The number of fused-ring (bicyclic) bond motifs is 1. The third-order valence-corrected chi connectivity index (χ3v) is 2.32. The number of benzene rings is 2. The summed E-state index contributed by atoms with van der Waals surface area (Å²) in [5.74, 6) is 5.38. The lowest BCUT2D eigenvalue weighted by Crippen LogP contribution is -2.06. The molecule has 0 unspecified atom stereocenters. The molecule has 0 fully saturated rings. The minimum atomic E-state index is 0.714. The summed E-state index contributed by atoms with van der Waals surface area (Å²) in [7, 11) is 0. The maximum atomic E-state index is 6.05. The van der Waals surface area contributed by atoms with Crippen LogP contribution in [0.25, 0.3) is 10.8 Å². The quantitative estimate of drug-likeness (QED) is 0.539. The second-order valence-corrected chi connectivity index (χ2v) is 3.20. The van der Waals surface area contributed by atoms with Crippen LogP contribution in [-0.4, -0.2) is 0 Å². The topological polar surface area (TPSA) is 38.0 Å². The van der Waals surface area contributed by atoms with Gasteiger partial charge in [-0.3, -0.25) is 5.84 Å². The van der Waals surface area contributed by atoms with Gasteiger partial charge in [0.05, 0.1) is 10.7 Å². The van der Waals surface area contributed by atoms with Gasteiger partial charge in [-0.05, 0) is 17.5 Å². The van der Waals surface area contributed by atoms with Crippen molar-refractivity contribution < 1.29 is 0 Å². The van der Waals surface area contributed by atoms with Crippen LogP contribution in [0.4, 0.5) is 5.69 Å². The molecule has 0 aliphatic carbocycles. The lowest BCUT2D eigenvalue weighted by atomic mass is 10.1. The molecule has 0 spiro atoms. The SMILES string of the molecule is NNc1cccc2cccc(Cl)c12. The highest BCUT2D eigenvalue weighted by atomic mass is 35.5. The van der Waals surface area contributed by atoms with Gasteiger partial charge in [-0.1, -0.05) is 35.9 Å². The summed E-state index contributed by atoms with van der Waals surface area (Å²) in [6, 6.07) is 11.6. The molecule has 2 aromatic carbocycles. The Hall–Kier alpha value is -1.25. The van der Waals surface area contributed by atoms with E-state index < -0.39 is 0 Å². The molecule has 0 aliphatic rings. The molecule has 0 atom stereocenters. The monoisotopic (exact) mass is 192 g/mol. The van der Waals surface area contributed by atoms with Gasteiger partial charge < -0.3 is 5.43 Å². The maximum Gasteiger partial charge on any atom is 0.0578 e. The standard InChI is InChI=1S/C10H9ClN2/c11-8-5-1-3-7-4-2-6-9(13-12)10(7)8/h1-6,13H,12H2. The summed E-state index contributed by atoms with van der Waals surface area (Å²) in [6.07, 6.45) is 0. The second kappa shape index (κ2) is 3.24. The first-order valence-electron chi connectivity index (χ1n) is 3.97. The van der Waals surface area contributed by atoms with Crippen molar-refractivity contribution in [2.45, 2.75) is 0 Å². The minimum Gasteiger partial charge on any atom is -0.323 e. The molecule has 0 heterocycles. The van der Waals surface area contributed by atoms with Crippen molar-refractivity contribution >= 4 is 28.1 Å². The summed E-state index contributed by atoms with van der Waals surface area (Å²) in [5, 5.41) is 2.77. The molecule has 0 amide bonds. The zero-order chi connectivity index (χ0) is 9.26. The molecular formula is C10H9ClN2. The third kappa shape index (κ3) is 1.34. The lowest BCUT2D eigenvalue weighted by molar-refractivity contribution is 1.37. The average molecular weight is 193 g/mol. The Morgan fingerprint density at radius 2 is 1.77 bits per heavy atom. The van der Waals surface area contributed by atoms with Crippen LogP contribution in [0.2, 0.25) is 5.02 Å². The Labute approximate surface area is 81.3 Å². The first kappa shape index (κ1) is 8.35. The molecule has 0 aliphatic heterocycles. The van der Waals surface area contributed by atoms with Gasteiger partial charge in [0.2, 0.25) is 0 Å². The van der Waals surface area contributed by atoms with Crippen molar-refractivity contribution in [3.05, 3.63) is 41.4 Å². The van der Waals surface area contributed by atoms with Gasteiger partial charge in [0.25, 0.3) is 0 Å². The van der Waals surface area contributed by atoms with Crippen molar-refractivity contribution in [3.8, 4) is 0 Å². The van der Waals surface area contributed by atoms with Crippen LogP contribution in [0.15, 0.2) is 36.4 Å². The number of hydrazine groups is 1. The molecule has 2 rings (SSSR count). The van der Waals surface area contributed by atoms with Gasteiger partial charge in [-0.25, -0.2) is 0 Å². The van der Waals surface area contributed by atoms with Crippen molar-refractivity contribution in [3.63, 3.8) is 0 Å². The van der Waals surface area contributed by atoms with E-state index in [0.717, 1.165) is 16.5 Å². The predicted octanol–water partition coefficient (Wildman–Crippen LogP) is 2.78. The largest absolute Gasteiger partial charge is 0.323 e. The highest BCUT2D eigenvalue weighted by molar-refractivity contribution is 6.36. The van der Waals surface area contributed by atoms with Crippen LogP contribution < -0.4 is 11.3 Å². The number of hydrogen-bond donors (Lipinski definition) is 2. The smallest absolute Gasteiger partial charge is 0.0578 e. The summed E-state index contributed by atoms with van der Waals surface area (Å²) < 4.78 is 0. The van der Waals surface area contributed by atoms with Crippen molar-refractivity contribution in [2.75, 3.05) is 5.43 Å². The number of anilines is 1. The number of hydrogen-bond acceptors (Lipinski definition) is 2. The van der Waals surface area contributed by atoms with Gasteiger partial charge in [0, 0.05) is 5.39 Å². The number of nitrogens with one attached hydrogen (secondary N) is 1. The molecule has 2 nitrogen and oxygen atoms in total. The molecule has 0 bridgehead atoms. The first-order valence-corrected chi connectivity index (χ1v) is 4.34. The van der Waals surface area contributed by atoms with Gasteiger partial charge in [0.1, 0.15) is 0 Å². The fraction of sp³-hybridized carbons (Fsp3) is 0. The maximum absolute atomic E-state index is 6.05. The molecule has 0 saturated heterocycles. The van der Waals surface area contributed by atoms with Crippen LogP contribution in [-0.2, 0) is 0 Å². The lowest BCUT2D eigenvalue weighted by Gasteiger charge is -2.06. The van der Waals surface area contributed by atoms with Gasteiger partial charge in [0.15, 0.2) is 0 Å².